The van der Waals surface area contributed by atoms with E-state index in [1.807, 2.05) is 36.4 Å². The fourth-order valence-electron chi connectivity index (χ4n) is 4.25. The molecule has 2 saturated heterocycles. The van der Waals surface area contributed by atoms with E-state index in [1.54, 1.807) is 0 Å². The SMILES string of the molecule is Cc1nccn1CC1CCCN(C(=O)c2ccc(N3CCCC3)cc2)C1. The summed E-state index contributed by atoms with van der Waals surface area (Å²) in [5, 5.41) is 0. The maximum absolute atomic E-state index is 12.9. The molecule has 2 aromatic rings. The molecule has 1 atom stereocenters. The van der Waals surface area contributed by atoms with Gasteiger partial charge in [0.25, 0.3) is 5.91 Å². The molecule has 5 heteroatoms. The van der Waals surface area contributed by atoms with Gasteiger partial charge in [-0.3, -0.25) is 4.79 Å². The molecule has 3 heterocycles. The first kappa shape index (κ1) is 17.1. The number of aromatic nitrogens is 2. The number of hydrogen-bond acceptors (Lipinski definition) is 3. The third kappa shape index (κ3) is 3.62. The monoisotopic (exact) mass is 352 g/mol. The van der Waals surface area contributed by atoms with Gasteiger partial charge in [-0.25, -0.2) is 4.98 Å². The van der Waals surface area contributed by atoms with Crippen LogP contribution in [0.15, 0.2) is 36.7 Å². The molecule has 1 amide bonds. The number of rotatable bonds is 4. The second-order valence-corrected chi connectivity index (χ2v) is 7.63. The molecule has 1 unspecified atom stereocenters. The number of likely N-dealkylation sites (tertiary alicyclic amines) is 1. The minimum atomic E-state index is 0.171. The molecule has 1 aromatic carbocycles. The van der Waals surface area contributed by atoms with Crippen molar-refractivity contribution in [3.63, 3.8) is 0 Å². The summed E-state index contributed by atoms with van der Waals surface area (Å²) in [4.78, 5) is 21.7. The molecule has 0 saturated carbocycles. The third-order valence-electron chi connectivity index (χ3n) is 5.77. The van der Waals surface area contributed by atoms with E-state index in [-0.39, 0.29) is 5.91 Å². The van der Waals surface area contributed by atoms with Gasteiger partial charge in [-0.15, -0.1) is 0 Å². The van der Waals surface area contributed by atoms with Crippen molar-refractivity contribution < 1.29 is 4.79 Å². The average molecular weight is 352 g/mol. The van der Waals surface area contributed by atoms with E-state index in [0.717, 1.165) is 50.5 Å². The van der Waals surface area contributed by atoms with Crippen molar-refractivity contribution >= 4 is 11.6 Å². The van der Waals surface area contributed by atoms with Gasteiger partial charge in [-0.05, 0) is 62.8 Å². The van der Waals surface area contributed by atoms with E-state index < -0.39 is 0 Å². The minimum Gasteiger partial charge on any atom is -0.372 e. The summed E-state index contributed by atoms with van der Waals surface area (Å²) < 4.78 is 2.20. The van der Waals surface area contributed by atoms with Gasteiger partial charge >= 0.3 is 0 Å². The number of hydrogen-bond donors (Lipinski definition) is 0. The van der Waals surface area contributed by atoms with Crippen LogP contribution in [0.1, 0.15) is 41.9 Å². The van der Waals surface area contributed by atoms with E-state index in [4.69, 9.17) is 0 Å². The Bertz CT molecular complexity index is 746. The predicted octanol–water partition coefficient (Wildman–Crippen LogP) is 3.34. The summed E-state index contributed by atoms with van der Waals surface area (Å²) in [5.41, 5.74) is 2.05. The highest BCUT2D eigenvalue weighted by atomic mass is 16.2. The number of carbonyl (C=O) groups excluding carboxylic acids is 1. The van der Waals surface area contributed by atoms with Crippen LogP contribution in [0.3, 0.4) is 0 Å². The third-order valence-corrected chi connectivity index (χ3v) is 5.77. The normalized spacial score (nSPS) is 20.6. The molecule has 2 fully saturated rings. The smallest absolute Gasteiger partial charge is 0.253 e. The Morgan fingerprint density at radius 3 is 2.58 bits per heavy atom. The Hall–Kier alpha value is -2.30. The Morgan fingerprint density at radius 2 is 1.88 bits per heavy atom. The molecular weight excluding hydrogens is 324 g/mol. The van der Waals surface area contributed by atoms with Crippen molar-refractivity contribution in [3.8, 4) is 0 Å². The van der Waals surface area contributed by atoms with Crippen LogP contribution in [0.4, 0.5) is 5.69 Å². The molecule has 138 valence electrons. The summed E-state index contributed by atoms with van der Waals surface area (Å²) in [6.45, 7) is 6.96. The molecule has 0 aliphatic carbocycles. The van der Waals surface area contributed by atoms with Crippen molar-refractivity contribution in [2.75, 3.05) is 31.1 Å². The lowest BCUT2D eigenvalue weighted by Gasteiger charge is -2.33. The average Bonchev–Trinajstić information content (AvgIpc) is 3.34. The van der Waals surface area contributed by atoms with Gasteiger partial charge < -0.3 is 14.4 Å². The van der Waals surface area contributed by atoms with Gasteiger partial charge in [0.15, 0.2) is 0 Å². The van der Waals surface area contributed by atoms with Crippen molar-refractivity contribution in [2.24, 2.45) is 5.92 Å². The first-order chi connectivity index (χ1) is 12.7. The van der Waals surface area contributed by atoms with E-state index in [2.05, 4.69) is 26.6 Å². The van der Waals surface area contributed by atoms with Crippen molar-refractivity contribution in [3.05, 3.63) is 48.0 Å². The summed E-state index contributed by atoms with van der Waals surface area (Å²) >= 11 is 0. The van der Waals surface area contributed by atoms with Gasteiger partial charge in [-0.2, -0.15) is 0 Å². The molecule has 26 heavy (non-hydrogen) atoms. The number of amides is 1. The van der Waals surface area contributed by atoms with Gasteiger partial charge in [-0.1, -0.05) is 0 Å². The molecule has 0 bridgehead atoms. The van der Waals surface area contributed by atoms with Crippen LogP contribution in [0.2, 0.25) is 0 Å². The van der Waals surface area contributed by atoms with E-state index in [9.17, 15) is 4.79 Å². The van der Waals surface area contributed by atoms with Crippen LogP contribution in [-0.2, 0) is 6.54 Å². The van der Waals surface area contributed by atoms with Crippen LogP contribution in [0.25, 0.3) is 0 Å². The van der Waals surface area contributed by atoms with E-state index in [0.29, 0.717) is 5.92 Å². The molecule has 4 rings (SSSR count). The molecule has 2 aliphatic rings. The standard InChI is InChI=1S/C21H28N4O/c1-17-22-10-14-24(17)15-18-5-4-13-25(16-18)21(26)19-6-8-20(9-7-19)23-11-2-3-12-23/h6-10,14,18H,2-5,11-13,15-16H2,1H3. The Kier molecular flexibility index (Phi) is 4.96. The lowest BCUT2D eigenvalue weighted by atomic mass is 9.97. The number of nitrogens with zero attached hydrogens (tertiary/aromatic N) is 4. The molecular formula is C21H28N4O. The lowest BCUT2D eigenvalue weighted by molar-refractivity contribution is 0.0662. The zero-order valence-corrected chi connectivity index (χ0v) is 15.6. The highest BCUT2D eigenvalue weighted by molar-refractivity contribution is 5.94. The summed E-state index contributed by atoms with van der Waals surface area (Å²) in [5.74, 6) is 1.72. The molecule has 0 radical (unpaired) electrons. The Morgan fingerprint density at radius 1 is 1.12 bits per heavy atom. The number of carbonyl (C=O) groups is 1. The second kappa shape index (κ2) is 7.52. The van der Waals surface area contributed by atoms with Crippen LogP contribution < -0.4 is 4.90 Å². The Labute approximate surface area is 155 Å². The fraction of sp³-hybridized carbons (Fsp3) is 0.524. The van der Waals surface area contributed by atoms with Crippen LogP contribution in [0, 0.1) is 12.8 Å². The van der Waals surface area contributed by atoms with Crippen molar-refractivity contribution in [1.82, 2.24) is 14.5 Å². The number of anilines is 1. The van der Waals surface area contributed by atoms with Crippen molar-refractivity contribution in [1.29, 1.82) is 0 Å². The largest absolute Gasteiger partial charge is 0.372 e. The van der Waals surface area contributed by atoms with Crippen molar-refractivity contribution in [2.45, 2.75) is 39.2 Å². The van der Waals surface area contributed by atoms with Crippen LogP contribution in [-0.4, -0.2) is 46.5 Å². The van der Waals surface area contributed by atoms with Crippen LogP contribution in [0.5, 0.6) is 0 Å². The first-order valence-corrected chi connectivity index (χ1v) is 9.83. The maximum Gasteiger partial charge on any atom is 0.253 e. The predicted molar refractivity (Wildman–Crippen MR) is 103 cm³/mol. The number of aryl methyl sites for hydroxylation is 1. The lowest BCUT2D eigenvalue weighted by Crippen LogP contribution is -2.41. The maximum atomic E-state index is 12.9. The van der Waals surface area contributed by atoms with Gasteiger partial charge in [0.2, 0.25) is 0 Å². The molecule has 0 spiro atoms. The minimum absolute atomic E-state index is 0.171. The van der Waals surface area contributed by atoms with Gasteiger partial charge in [0.05, 0.1) is 0 Å². The fourth-order valence-corrected chi connectivity index (χ4v) is 4.25. The molecule has 2 aliphatic heterocycles. The topological polar surface area (TPSA) is 41.4 Å². The molecule has 0 N–H and O–H groups in total. The Balaban J connectivity index is 1.39. The summed E-state index contributed by atoms with van der Waals surface area (Å²) in [6.07, 6.45) is 8.68. The molecule has 5 nitrogen and oxygen atoms in total. The summed E-state index contributed by atoms with van der Waals surface area (Å²) in [6, 6.07) is 8.21. The van der Waals surface area contributed by atoms with Gasteiger partial charge in [0.1, 0.15) is 5.82 Å². The van der Waals surface area contributed by atoms with Crippen LogP contribution >= 0.6 is 0 Å². The zero-order valence-electron chi connectivity index (χ0n) is 15.6. The van der Waals surface area contributed by atoms with Gasteiger partial charge in [0, 0.05) is 56.4 Å². The second-order valence-electron chi connectivity index (χ2n) is 7.63. The summed E-state index contributed by atoms with van der Waals surface area (Å²) in [7, 11) is 0. The van der Waals surface area contributed by atoms with E-state index >= 15 is 0 Å². The zero-order chi connectivity index (χ0) is 17.9. The highest BCUT2D eigenvalue weighted by Gasteiger charge is 2.25. The molecule has 1 aromatic heterocycles. The number of piperidine rings is 1. The van der Waals surface area contributed by atoms with E-state index in [1.165, 1.54) is 24.9 Å². The quantitative estimate of drug-likeness (QED) is 0.847. The first-order valence-electron chi connectivity index (χ1n) is 9.83. The number of imidazole rings is 1. The highest BCUT2D eigenvalue weighted by Crippen LogP contribution is 2.23. The number of benzene rings is 1.